The fourth-order valence-electron chi connectivity index (χ4n) is 2.43. The van der Waals surface area contributed by atoms with Crippen LogP contribution in [0.4, 0.5) is 0 Å². The summed E-state index contributed by atoms with van der Waals surface area (Å²) in [6, 6.07) is 12.1. The summed E-state index contributed by atoms with van der Waals surface area (Å²) in [4.78, 5) is 4.64. The van der Waals surface area contributed by atoms with Gasteiger partial charge in [-0.25, -0.2) is 0 Å². The second-order valence-electron chi connectivity index (χ2n) is 5.70. The first-order valence-electron chi connectivity index (χ1n) is 7.38. The van der Waals surface area contributed by atoms with Gasteiger partial charge in [0.05, 0.1) is 0 Å². The minimum absolute atomic E-state index is 0.649. The molecule has 2 aromatic rings. The van der Waals surface area contributed by atoms with E-state index in [1.165, 1.54) is 9.96 Å². The van der Waals surface area contributed by atoms with Gasteiger partial charge in [-0.1, -0.05) is 0 Å². The molecule has 0 spiro atoms. The zero-order chi connectivity index (χ0) is 14.9. The predicted molar refractivity (Wildman–Crippen MR) is 82.1 cm³/mol. The molecule has 0 N–H and O–H groups in total. The van der Waals surface area contributed by atoms with Crippen LogP contribution in [0.1, 0.15) is 14.0 Å². The van der Waals surface area contributed by atoms with Crippen molar-refractivity contribution in [3.8, 4) is 11.3 Å². The molecule has 0 saturated carbocycles. The molecule has 1 aromatic heterocycles. The summed E-state index contributed by atoms with van der Waals surface area (Å²) in [6.45, 7) is 1.07. The molecule has 0 amide bonds. The van der Waals surface area contributed by atoms with Crippen LogP contribution >= 0.6 is 0 Å². The molecular weight excluding hydrogens is 279 g/mol. The number of hydrogen-bond donors (Lipinski definition) is 0. The summed E-state index contributed by atoms with van der Waals surface area (Å²) in [7, 11) is 0. The Hall–Kier alpha value is -1.09. The Balaban J connectivity index is 2.66. The molecule has 0 unspecified atom stereocenters. The standard InChI is InChI=1S/C16H21GeN/c1-12-11-15(14-9-7-6-8-10-14)18-13(2)16(12)17(3,4)5/h6-11H,1-5H3/i2D2. The van der Waals surface area contributed by atoms with Crippen molar-refractivity contribution in [3.63, 3.8) is 0 Å². The Kier molecular flexibility index (Phi) is 2.93. The van der Waals surface area contributed by atoms with Crippen LogP contribution in [-0.2, 0) is 0 Å². The van der Waals surface area contributed by atoms with Gasteiger partial charge in [-0.15, -0.1) is 0 Å². The van der Waals surface area contributed by atoms with Crippen molar-refractivity contribution in [1.29, 1.82) is 0 Å². The number of benzene rings is 1. The average Bonchev–Trinajstić information content (AvgIpc) is 2.37. The van der Waals surface area contributed by atoms with Gasteiger partial charge >= 0.3 is 115 Å². The van der Waals surface area contributed by atoms with E-state index in [2.05, 4.69) is 35.2 Å². The third-order valence-corrected chi connectivity index (χ3v) is 7.58. The Morgan fingerprint density at radius 3 is 2.33 bits per heavy atom. The minimum atomic E-state index is -2.14. The maximum absolute atomic E-state index is 7.83. The molecule has 0 aliphatic heterocycles. The molecule has 0 aliphatic rings. The van der Waals surface area contributed by atoms with Crippen molar-refractivity contribution in [2.75, 3.05) is 0 Å². The first kappa shape index (κ1) is 10.8. The van der Waals surface area contributed by atoms with E-state index < -0.39 is 20.1 Å². The molecule has 0 aliphatic carbocycles. The summed E-state index contributed by atoms with van der Waals surface area (Å²) in [5.74, 6) is 6.87. The van der Waals surface area contributed by atoms with Crippen molar-refractivity contribution in [1.82, 2.24) is 4.98 Å². The summed E-state index contributed by atoms with van der Waals surface area (Å²) in [5, 5.41) is 0. The topological polar surface area (TPSA) is 12.9 Å². The van der Waals surface area contributed by atoms with Crippen molar-refractivity contribution in [2.45, 2.75) is 31.1 Å². The van der Waals surface area contributed by atoms with Crippen LogP contribution in [0, 0.1) is 13.8 Å². The van der Waals surface area contributed by atoms with Crippen LogP contribution in [-0.4, -0.2) is 18.3 Å². The first-order chi connectivity index (χ1) is 9.30. The van der Waals surface area contributed by atoms with Gasteiger partial charge in [0.1, 0.15) is 0 Å². The van der Waals surface area contributed by atoms with E-state index in [4.69, 9.17) is 2.74 Å². The Labute approximate surface area is 115 Å². The predicted octanol–water partition coefficient (Wildman–Crippen LogP) is 3.91. The summed E-state index contributed by atoms with van der Waals surface area (Å²) >= 11 is -2.14. The summed E-state index contributed by atoms with van der Waals surface area (Å²) in [6.07, 6.45) is 0. The van der Waals surface area contributed by atoms with Crippen LogP contribution in [0.15, 0.2) is 36.4 Å². The monoisotopic (exact) mass is 303 g/mol. The summed E-state index contributed by atoms with van der Waals surface area (Å²) in [5.41, 5.74) is 3.76. The van der Waals surface area contributed by atoms with Gasteiger partial charge in [0.2, 0.25) is 0 Å². The van der Waals surface area contributed by atoms with Gasteiger partial charge < -0.3 is 0 Å². The molecule has 2 heteroatoms. The van der Waals surface area contributed by atoms with Gasteiger partial charge in [0, 0.05) is 0 Å². The van der Waals surface area contributed by atoms with Crippen LogP contribution in [0.3, 0.4) is 0 Å². The molecule has 2 rings (SSSR count). The number of pyridine rings is 1. The Morgan fingerprint density at radius 2 is 1.78 bits per heavy atom. The molecular formula is C16H21GeN. The van der Waals surface area contributed by atoms with Gasteiger partial charge in [-0.2, -0.15) is 0 Å². The molecule has 1 nitrogen and oxygen atoms in total. The third-order valence-electron chi connectivity index (χ3n) is 3.06. The van der Waals surface area contributed by atoms with Crippen molar-refractivity contribution in [2.24, 2.45) is 0 Å². The molecule has 0 fully saturated rings. The third kappa shape index (κ3) is 2.66. The van der Waals surface area contributed by atoms with Crippen molar-refractivity contribution in [3.05, 3.63) is 47.7 Å². The molecule has 1 aromatic carbocycles. The van der Waals surface area contributed by atoms with Gasteiger partial charge in [-0.05, 0) is 0 Å². The van der Waals surface area contributed by atoms with E-state index in [1.807, 2.05) is 30.3 Å². The maximum atomic E-state index is 7.83. The van der Waals surface area contributed by atoms with E-state index in [9.17, 15) is 0 Å². The molecule has 0 saturated heterocycles. The molecule has 94 valence electrons. The number of aryl methyl sites for hydroxylation is 2. The van der Waals surface area contributed by atoms with E-state index >= 15 is 0 Å². The Morgan fingerprint density at radius 1 is 1.11 bits per heavy atom. The quantitative estimate of drug-likeness (QED) is 0.766. The molecule has 18 heavy (non-hydrogen) atoms. The fourth-order valence-corrected chi connectivity index (χ4v) is 6.79. The van der Waals surface area contributed by atoms with Crippen LogP contribution < -0.4 is 4.40 Å². The fraction of sp³-hybridized carbons (Fsp3) is 0.312. The molecule has 0 atom stereocenters. The van der Waals surface area contributed by atoms with E-state index in [-0.39, 0.29) is 0 Å². The van der Waals surface area contributed by atoms with Crippen molar-refractivity contribution >= 4 is 17.7 Å². The first-order valence-corrected chi connectivity index (χ1v) is 13.6. The number of aromatic nitrogens is 1. The van der Waals surface area contributed by atoms with E-state index in [1.54, 1.807) is 0 Å². The normalized spacial score (nSPS) is 13.4. The van der Waals surface area contributed by atoms with Gasteiger partial charge in [0.25, 0.3) is 0 Å². The van der Waals surface area contributed by atoms with E-state index in [0.717, 1.165) is 11.3 Å². The van der Waals surface area contributed by atoms with Crippen LogP contribution in [0.5, 0.6) is 0 Å². The Bertz CT molecular complexity index is 604. The van der Waals surface area contributed by atoms with Crippen LogP contribution in [0.2, 0.25) is 17.3 Å². The van der Waals surface area contributed by atoms with Crippen LogP contribution in [0.25, 0.3) is 11.3 Å². The number of hydrogen-bond acceptors (Lipinski definition) is 1. The number of nitrogens with zero attached hydrogens (tertiary/aromatic N) is 1. The summed E-state index contributed by atoms with van der Waals surface area (Å²) < 4.78 is 16.9. The van der Waals surface area contributed by atoms with E-state index in [0.29, 0.717) is 5.69 Å². The molecule has 0 radical (unpaired) electrons. The molecule has 1 heterocycles. The second-order valence-corrected chi connectivity index (χ2v) is 16.2. The zero-order valence-electron chi connectivity index (χ0n) is 13.5. The average molecular weight is 302 g/mol. The van der Waals surface area contributed by atoms with Gasteiger partial charge in [-0.3, -0.25) is 0 Å². The SMILES string of the molecule is [2H]C([2H])c1nc(-c2ccccc2)cc(C)[c]1[Ge]([CH3])([CH3])[CH3]. The van der Waals surface area contributed by atoms with Crippen molar-refractivity contribution < 1.29 is 2.74 Å². The number of rotatable bonds is 2. The molecule has 0 bridgehead atoms. The van der Waals surface area contributed by atoms with Gasteiger partial charge in [0.15, 0.2) is 0 Å². The zero-order valence-corrected chi connectivity index (χ0v) is 13.6. The second kappa shape index (κ2) is 4.89.